The van der Waals surface area contributed by atoms with E-state index in [1.807, 2.05) is 10.7 Å². The van der Waals surface area contributed by atoms with Gasteiger partial charge in [-0.05, 0) is 6.07 Å². The minimum Gasteiger partial charge on any atom is -0.357 e. The van der Waals surface area contributed by atoms with Gasteiger partial charge in [-0.25, -0.2) is 9.50 Å². The van der Waals surface area contributed by atoms with Crippen molar-refractivity contribution in [2.24, 2.45) is 0 Å². The molecular weight excluding hydrogens is 304 g/mol. The zero-order valence-corrected chi connectivity index (χ0v) is 13.8. The SMILES string of the molecule is CC(Br)CN(C)c1nccn2nc(C(C)(C)C)cc12. The standard InChI is InChI=1S/C14H21BrN4/c1-10(15)9-18(5)13-11-8-12(14(2,3)4)17-19(11)7-6-16-13/h6-8,10H,9H2,1-5H3. The van der Waals surface area contributed by atoms with Crippen molar-refractivity contribution in [1.29, 1.82) is 0 Å². The molecule has 0 spiro atoms. The van der Waals surface area contributed by atoms with Crippen LogP contribution in [0.4, 0.5) is 5.82 Å². The van der Waals surface area contributed by atoms with Gasteiger partial charge in [0.1, 0.15) is 5.52 Å². The number of anilines is 1. The van der Waals surface area contributed by atoms with Crippen molar-refractivity contribution >= 4 is 27.3 Å². The van der Waals surface area contributed by atoms with Crippen LogP contribution in [-0.4, -0.2) is 33.0 Å². The largest absolute Gasteiger partial charge is 0.357 e. The molecule has 0 saturated heterocycles. The summed E-state index contributed by atoms with van der Waals surface area (Å²) in [5.41, 5.74) is 2.19. The fraction of sp³-hybridized carbons (Fsp3) is 0.571. The van der Waals surface area contributed by atoms with Crippen molar-refractivity contribution in [1.82, 2.24) is 14.6 Å². The van der Waals surface area contributed by atoms with Gasteiger partial charge < -0.3 is 4.90 Å². The van der Waals surface area contributed by atoms with E-state index >= 15 is 0 Å². The van der Waals surface area contributed by atoms with E-state index in [-0.39, 0.29) is 5.41 Å². The first kappa shape index (κ1) is 14.3. The summed E-state index contributed by atoms with van der Waals surface area (Å²) >= 11 is 3.58. The van der Waals surface area contributed by atoms with Crippen LogP contribution in [0.25, 0.3) is 5.52 Å². The van der Waals surface area contributed by atoms with E-state index in [2.05, 4.69) is 71.7 Å². The zero-order chi connectivity index (χ0) is 14.2. The average molecular weight is 325 g/mol. The topological polar surface area (TPSA) is 33.4 Å². The van der Waals surface area contributed by atoms with Gasteiger partial charge in [-0.2, -0.15) is 5.10 Å². The molecule has 0 saturated carbocycles. The van der Waals surface area contributed by atoms with E-state index in [1.54, 1.807) is 6.20 Å². The van der Waals surface area contributed by atoms with Gasteiger partial charge in [0.15, 0.2) is 5.82 Å². The van der Waals surface area contributed by atoms with Crippen molar-refractivity contribution < 1.29 is 0 Å². The predicted molar refractivity (Wildman–Crippen MR) is 83.3 cm³/mol. The van der Waals surface area contributed by atoms with Gasteiger partial charge in [0.25, 0.3) is 0 Å². The highest BCUT2D eigenvalue weighted by atomic mass is 79.9. The number of fused-ring (bicyclic) bond motifs is 1. The lowest BCUT2D eigenvalue weighted by molar-refractivity contribution is 0.562. The van der Waals surface area contributed by atoms with E-state index < -0.39 is 0 Å². The van der Waals surface area contributed by atoms with Crippen LogP contribution in [0.15, 0.2) is 18.5 Å². The number of hydrogen-bond donors (Lipinski definition) is 0. The Balaban J connectivity index is 2.48. The zero-order valence-electron chi connectivity index (χ0n) is 12.2. The van der Waals surface area contributed by atoms with Gasteiger partial charge in [-0.15, -0.1) is 0 Å². The molecule has 2 aromatic heterocycles. The van der Waals surface area contributed by atoms with Gasteiger partial charge in [0.05, 0.1) is 5.69 Å². The molecule has 5 heteroatoms. The molecule has 1 unspecified atom stereocenters. The number of halogens is 1. The molecule has 0 bridgehead atoms. The predicted octanol–water partition coefficient (Wildman–Crippen LogP) is 3.25. The van der Waals surface area contributed by atoms with E-state index in [4.69, 9.17) is 0 Å². The third-order valence-corrected chi connectivity index (χ3v) is 3.31. The van der Waals surface area contributed by atoms with Crippen molar-refractivity contribution in [3.63, 3.8) is 0 Å². The van der Waals surface area contributed by atoms with Gasteiger partial charge >= 0.3 is 0 Å². The first-order chi connectivity index (χ1) is 8.79. The molecule has 0 N–H and O–H groups in total. The molecule has 104 valence electrons. The van der Waals surface area contributed by atoms with Crippen LogP contribution in [0.1, 0.15) is 33.4 Å². The number of nitrogens with zero attached hydrogens (tertiary/aromatic N) is 4. The summed E-state index contributed by atoms with van der Waals surface area (Å²) in [6.45, 7) is 9.56. The normalized spacial score (nSPS) is 13.8. The van der Waals surface area contributed by atoms with Crippen LogP contribution in [0, 0.1) is 0 Å². The molecule has 1 atom stereocenters. The molecule has 0 fully saturated rings. The van der Waals surface area contributed by atoms with E-state index in [1.165, 1.54) is 0 Å². The lowest BCUT2D eigenvalue weighted by Gasteiger charge is -2.20. The van der Waals surface area contributed by atoms with Gasteiger partial charge in [0, 0.05) is 36.2 Å². The molecule has 2 aromatic rings. The molecule has 19 heavy (non-hydrogen) atoms. The summed E-state index contributed by atoms with van der Waals surface area (Å²) in [4.78, 5) is 7.08. The van der Waals surface area contributed by atoms with Crippen molar-refractivity contribution in [2.45, 2.75) is 37.9 Å². The maximum absolute atomic E-state index is 4.64. The van der Waals surface area contributed by atoms with Gasteiger partial charge in [-0.3, -0.25) is 0 Å². The maximum Gasteiger partial charge on any atom is 0.154 e. The smallest absolute Gasteiger partial charge is 0.154 e. The van der Waals surface area contributed by atoms with E-state index in [9.17, 15) is 0 Å². The number of alkyl halides is 1. The fourth-order valence-electron chi connectivity index (χ4n) is 2.03. The Morgan fingerprint density at radius 3 is 2.68 bits per heavy atom. The number of rotatable bonds is 3. The van der Waals surface area contributed by atoms with Crippen LogP contribution in [0.2, 0.25) is 0 Å². The molecule has 4 nitrogen and oxygen atoms in total. The van der Waals surface area contributed by atoms with Crippen molar-refractivity contribution in [3.8, 4) is 0 Å². The molecule has 2 rings (SSSR count). The Labute approximate surface area is 123 Å². The summed E-state index contributed by atoms with van der Waals surface area (Å²) in [6, 6.07) is 2.14. The Morgan fingerprint density at radius 2 is 2.11 bits per heavy atom. The van der Waals surface area contributed by atoms with Crippen LogP contribution in [0.5, 0.6) is 0 Å². The third kappa shape index (κ3) is 3.08. The molecule has 0 aliphatic carbocycles. The maximum atomic E-state index is 4.64. The molecule has 2 heterocycles. The lowest BCUT2D eigenvalue weighted by Crippen LogP contribution is -2.25. The highest BCUT2D eigenvalue weighted by Gasteiger charge is 2.20. The first-order valence-electron chi connectivity index (χ1n) is 6.49. The van der Waals surface area contributed by atoms with E-state index in [0.29, 0.717) is 4.83 Å². The van der Waals surface area contributed by atoms with Gasteiger partial charge in [0.2, 0.25) is 0 Å². The minimum atomic E-state index is 0.0462. The minimum absolute atomic E-state index is 0.0462. The molecular formula is C14H21BrN4. The van der Waals surface area contributed by atoms with E-state index in [0.717, 1.165) is 23.6 Å². The second kappa shape index (κ2) is 5.12. The second-order valence-electron chi connectivity index (χ2n) is 6.02. The average Bonchev–Trinajstić information content (AvgIpc) is 2.70. The van der Waals surface area contributed by atoms with Crippen LogP contribution >= 0.6 is 15.9 Å². The summed E-state index contributed by atoms with van der Waals surface area (Å²) in [6.07, 6.45) is 3.71. The Morgan fingerprint density at radius 1 is 1.42 bits per heavy atom. The van der Waals surface area contributed by atoms with Gasteiger partial charge in [-0.1, -0.05) is 43.6 Å². The molecule has 0 radical (unpaired) electrons. The quantitative estimate of drug-likeness (QED) is 0.812. The third-order valence-electron chi connectivity index (χ3n) is 3.02. The number of hydrogen-bond acceptors (Lipinski definition) is 3. The molecule has 0 aliphatic heterocycles. The Kier molecular flexibility index (Phi) is 3.85. The monoisotopic (exact) mass is 324 g/mol. The summed E-state index contributed by atoms with van der Waals surface area (Å²) in [5, 5.41) is 4.64. The highest BCUT2D eigenvalue weighted by Crippen LogP contribution is 2.26. The number of aromatic nitrogens is 3. The van der Waals surface area contributed by atoms with Crippen molar-refractivity contribution in [3.05, 3.63) is 24.2 Å². The summed E-state index contributed by atoms with van der Waals surface area (Å²) < 4.78 is 1.91. The molecule has 0 amide bonds. The fourth-order valence-corrected chi connectivity index (χ4v) is 2.47. The Bertz CT molecular complexity index is 568. The molecule has 0 aromatic carbocycles. The van der Waals surface area contributed by atoms with Crippen LogP contribution in [-0.2, 0) is 5.41 Å². The van der Waals surface area contributed by atoms with Crippen LogP contribution < -0.4 is 4.90 Å². The highest BCUT2D eigenvalue weighted by molar-refractivity contribution is 9.09. The second-order valence-corrected chi connectivity index (χ2v) is 7.58. The molecule has 0 aliphatic rings. The lowest BCUT2D eigenvalue weighted by atomic mass is 9.92. The summed E-state index contributed by atoms with van der Waals surface area (Å²) in [5.74, 6) is 0.969. The summed E-state index contributed by atoms with van der Waals surface area (Å²) in [7, 11) is 2.06. The first-order valence-corrected chi connectivity index (χ1v) is 7.40. The van der Waals surface area contributed by atoms with Crippen LogP contribution in [0.3, 0.4) is 0 Å². The Hall–Kier alpha value is -1.10. The van der Waals surface area contributed by atoms with Crippen molar-refractivity contribution in [2.75, 3.05) is 18.5 Å².